The maximum absolute atomic E-state index is 12.7. The number of benzene rings is 2. The van der Waals surface area contributed by atoms with Gasteiger partial charge in [-0.05, 0) is 48.2 Å². The summed E-state index contributed by atoms with van der Waals surface area (Å²) in [6, 6.07) is 11.6. The third-order valence-corrected chi connectivity index (χ3v) is 4.97. The maximum Gasteiger partial charge on any atom is 0.416 e. The van der Waals surface area contributed by atoms with E-state index in [0.29, 0.717) is 17.7 Å². The number of carbonyl (C=O) groups is 2. The number of hydrogen-bond acceptors (Lipinski definition) is 2. The van der Waals surface area contributed by atoms with Crippen molar-refractivity contribution in [2.75, 3.05) is 13.1 Å². The number of likely N-dealkylation sites (tertiary alicyclic amines) is 1. The van der Waals surface area contributed by atoms with Crippen LogP contribution in [0, 0.1) is 0 Å². The minimum absolute atomic E-state index is 0.0117. The van der Waals surface area contributed by atoms with Crippen molar-refractivity contribution in [1.82, 2.24) is 10.2 Å². The van der Waals surface area contributed by atoms with Crippen molar-refractivity contribution in [3.63, 3.8) is 0 Å². The molecule has 7 heteroatoms. The van der Waals surface area contributed by atoms with Crippen LogP contribution in [0.25, 0.3) is 11.1 Å². The molecule has 0 bridgehead atoms. The van der Waals surface area contributed by atoms with E-state index in [4.69, 9.17) is 0 Å². The molecule has 2 amide bonds. The SMILES string of the molecule is CC(=O)N1CCC[C@@H]1CNC(=O)c1ccc(-c2ccc(C(F)(F)F)cc2)cc1. The van der Waals surface area contributed by atoms with E-state index in [-0.39, 0.29) is 17.9 Å². The molecule has 148 valence electrons. The van der Waals surface area contributed by atoms with E-state index in [0.717, 1.165) is 37.1 Å². The summed E-state index contributed by atoms with van der Waals surface area (Å²) >= 11 is 0. The van der Waals surface area contributed by atoms with Gasteiger partial charge in [0.25, 0.3) is 5.91 Å². The van der Waals surface area contributed by atoms with Gasteiger partial charge in [-0.2, -0.15) is 13.2 Å². The second-order valence-electron chi connectivity index (χ2n) is 6.87. The summed E-state index contributed by atoms with van der Waals surface area (Å²) in [4.78, 5) is 25.7. The second-order valence-corrected chi connectivity index (χ2v) is 6.87. The molecule has 1 N–H and O–H groups in total. The molecule has 0 aromatic heterocycles. The number of hydrogen-bond donors (Lipinski definition) is 1. The monoisotopic (exact) mass is 390 g/mol. The molecule has 0 saturated carbocycles. The third kappa shape index (κ3) is 4.52. The standard InChI is InChI=1S/C21H21F3N2O2/c1-14(27)26-12-2-3-19(26)13-25-20(28)17-6-4-15(5-7-17)16-8-10-18(11-9-16)21(22,23)24/h4-11,19H,2-3,12-13H2,1H3,(H,25,28)/t19-/m1/s1. The fourth-order valence-corrected chi connectivity index (χ4v) is 3.44. The highest BCUT2D eigenvalue weighted by molar-refractivity contribution is 5.94. The van der Waals surface area contributed by atoms with Gasteiger partial charge in [0.15, 0.2) is 0 Å². The van der Waals surface area contributed by atoms with Gasteiger partial charge in [0.05, 0.1) is 5.56 Å². The molecular formula is C21H21F3N2O2. The molecular weight excluding hydrogens is 369 g/mol. The van der Waals surface area contributed by atoms with E-state index >= 15 is 0 Å². The minimum Gasteiger partial charge on any atom is -0.350 e. The van der Waals surface area contributed by atoms with E-state index in [9.17, 15) is 22.8 Å². The number of amides is 2. The van der Waals surface area contributed by atoms with Crippen molar-refractivity contribution in [3.8, 4) is 11.1 Å². The zero-order chi connectivity index (χ0) is 20.3. The van der Waals surface area contributed by atoms with Gasteiger partial charge in [0.2, 0.25) is 5.91 Å². The van der Waals surface area contributed by atoms with E-state index in [1.54, 1.807) is 29.2 Å². The fourth-order valence-electron chi connectivity index (χ4n) is 3.44. The lowest BCUT2D eigenvalue weighted by atomic mass is 10.0. The Bertz CT molecular complexity index is 845. The van der Waals surface area contributed by atoms with E-state index in [1.165, 1.54) is 19.1 Å². The average molecular weight is 390 g/mol. The molecule has 4 nitrogen and oxygen atoms in total. The molecule has 0 radical (unpaired) electrons. The molecule has 1 heterocycles. The van der Waals surface area contributed by atoms with Crippen LogP contribution in [-0.2, 0) is 11.0 Å². The molecule has 0 spiro atoms. The molecule has 0 aliphatic carbocycles. The Balaban J connectivity index is 1.62. The zero-order valence-corrected chi connectivity index (χ0v) is 15.4. The lowest BCUT2D eigenvalue weighted by Gasteiger charge is -2.23. The smallest absolute Gasteiger partial charge is 0.350 e. The van der Waals surface area contributed by atoms with Gasteiger partial charge in [-0.25, -0.2) is 0 Å². The first-order valence-corrected chi connectivity index (χ1v) is 9.09. The molecule has 3 rings (SSSR count). The highest BCUT2D eigenvalue weighted by Gasteiger charge is 2.30. The van der Waals surface area contributed by atoms with Crippen molar-refractivity contribution in [2.45, 2.75) is 32.0 Å². The lowest BCUT2D eigenvalue weighted by Crippen LogP contribution is -2.42. The predicted molar refractivity (Wildman–Crippen MR) is 99.6 cm³/mol. The first-order valence-electron chi connectivity index (χ1n) is 9.09. The number of carbonyl (C=O) groups excluding carboxylic acids is 2. The molecule has 1 aliphatic heterocycles. The number of nitrogens with zero attached hydrogens (tertiary/aromatic N) is 1. The molecule has 2 aromatic carbocycles. The van der Waals surface area contributed by atoms with Gasteiger partial charge < -0.3 is 10.2 Å². The van der Waals surface area contributed by atoms with Crippen molar-refractivity contribution >= 4 is 11.8 Å². The fraction of sp³-hybridized carbons (Fsp3) is 0.333. The number of halogens is 3. The molecule has 0 unspecified atom stereocenters. The Hall–Kier alpha value is -2.83. The Kier molecular flexibility index (Phi) is 5.72. The highest BCUT2D eigenvalue weighted by atomic mass is 19.4. The van der Waals surface area contributed by atoms with Crippen LogP contribution < -0.4 is 5.32 Å². The first-order chi connectivity index (χ1) is 13.3. The Morgan fingerprint density at radius 1 is 1.04 bits per heavy atom. The quantitative estimate of drug-likeness (QED) is 0.854. The number of alkyl halides is 3. The van der Waals surface area contributed by atoms with Crippen LogP contribution in [-0.4, -0.2) is 35.8 Å². The summed E-state index contributed by atoms with van der Waals surface area (Å²) in [5, 5.41) is 2.85. The minimum atomic E-state index is -4.36. The van der Waals surface area contributed by atoms with Crippen LogP contribution in [0.3, 0.4) is 0 Å². The molecule has 1 fully saturated rings. The third-order valence-electron chi connectivity index (χ3n) is 4.97. The average Bonchev–Trinajstić information content (AvgIpc) is 3.15. The summed E-state index contributed by atoms with van der Waals surface area (Å²) in [5.74, 6) is -0.230. The summed E-state index contributed by atoms with van der Waals surface area (Å²) < 4.78 is 38.0. The van der Waals surface area contributed by atoms with E-state index in [2.05, 4.69) is 5.32 Å². The maximum atomic E-state index is 12.7. The van der Waals surface area contributed by atoms with Crippen LogP contribution in [0.5, 0.6) is 0 Å². The zero-order valence-electron chi connectivity index (χ0n) is 15.4. The summed E-state index contributed by atoms with van der Waals surface area (Å²) in [7, 11) is 0. The Morgan fingerprint density at radius 2 is 1.61 bits per heavy atom. The lowest BCUT2D eigenvalue weighted by molar-refractivity contribution is -0.137. The molecule has 1 atom stereocenters. The van der Waals surface area contributed by atoms with Crippen LogP contribution in [0.4, 0.5) is 13.2 Å². The van der Waals surface area contributed by atoms with Gasteiger partial charge >= 0.3 is 6.18 Å². The van der Waals surface area contributed by atoms with Crippen molar-refractivity contribution < 1.29 is 22.8 Å². The van der Waals surface area contributed by atoms with Crippen molar-refractivity contribution in [1.29, 1.82) is 0 Å². The topological polar surface area (TPSA) is 49.4 Å². The Labute approximate surface area is 161 Å². The van der Waals surface area contributed by atoms with Gasteiger partial charge in [-0.1, -0.05) is 24.3 Å². The second kappa shape index (κ2) is 8.04. The molecule has 1 saturated heterocycles. The Morgan fingerprint density at radius 3 is 2.14 bits per heavy atom. The van der Waals surface area contributed by atoms with Crippen LogP contribution >= 0.6 is 0 Å². The van der Waals surface area contributed by atoms with E-state index < -0.39 is 11.7 Å². The van der Waals surface area contributed by atoms with Crippen LogP contribution in [0.15, 0.2) is 48.5 Å². The molecule has 1 aliphatic rings. The van der Waals surface area contributed by atoms with E-state index in [1.807, 2.05) is 0 Å². The summed E-state index contributed by atoms with van der Waals surface area (Å²) in [6.07, 6.45) is -2.56. The first kappa shape index (κ1) is 19.9. The largest absolute Gasteiger partial charge is 0.416 e. The number of rotatable bonds is 4. The summed E-state index contributed by atoms with van der Waals surface area (Å²) in [5.41, 5.74) is 1.13. The normalized spacial score (nSPS) is 16.9. The predicted octanol–water partition coefficient (Wildman–Crippen LogP) is 4.11. The van der Waals surface area contributed by atoms with Gasteiger partial charge in [0, 0.05) is 31.6 Å². The van der Waals surface area contributed by atoms with Gasteiger partial charge in [-0.3, -0.25) is 9.59 Å². The molecule has 2 aromatic rings. The van der Waals surface area contributed by atoms with Crippen LogP contribution in [0.1, 0.15) is 35.7 Å². The number of nitrogens with one attached hydrogen (secondary N) is 1. The van der Waals surface area contributed by atoms with Gasteiger partial charge in [0.1, 0.15) is 0 Å². The summed E-state index contributed by atoms with van der Waals surface area (Å²) in [6.45, 7) is 2.65. The van der Waals surface area contributed by atoms with Crippen molar-refractivity contribution in [3.05, 3.63) is 59.7 Å². The van der Waals surface area contributed by atoms with Crippen LogP contribution in [0.2, 0.25) is 0 Å². The van der Waals surface area contributed by atoms with Gasteiger partial charge in [-0.15, -0.1) is 0 Å². The highest BCUT2D eigenvalue weighted by Crippen LogP contribution is 2.31. The molecule has 28 heavy (non-hydrogen) atoms. The van der Waals surface area contributed by atoms with Crippen molar-refractivity contribution in [2.24, 2.45) is 0 Å².